The van der Waals surface area contributed by atoms with E-state index >= 15 is 0 Å². The normalized spacial score (nSPS) is 25.6. The van der Waals surface area contributed by atoms with E-state index in [9.17, 15) is 9.59 Å². The summed E-state index contributed by atoms with van der Waals surface area (Å²) in [6.07, 6.45) is 6.78. The van der Waals surface area contributed by atoms with Crippen molar-refractivity contribution in [1.29, 1.82) is 0 Å². The monoisotopic (exact) mass is 518 g/mol. The second-order valence-corrected chi connectivity index (χ2v) is 11.8. The van der Waals surface area contributed by atoms with Gasteiger partial charge in [0.2, 0.25) is 0 Å². The van der Waals surface area contributed by atoms with Crippen molar-refractivity contribution in [3.8, 4) is 11.5 Å². The number of nitrogens with zero attached hydrogens (tertiary/aromatic N) is 1. The number of ether oxygens (including phenoxy) is 4. The highest BCUT2D eigenvalue weighted by Gasteiger charge is 2.53. The van der Waals surface area contributed by atoms with E-state index in [0.717, 1.165) is 31.0 Å². The van der Waals surface area contributed by atoms with Gasteiger partial charge in [0, 0.05) is 18.5 Å². The molecule has 2 aliphatic heterocycles. The molecule has 1 amide bonds. The smallest absolute Gasteiger partial charge is 0.408 e. The number of hydrogen-bond donors (Lipinski definition) is 1. The molecule has 8 nitrogen and oxygen atoms in total. The molecule has 0 fully saturated rings. The van der Waals surface area contributed by atoms with Crippen LogP contribution in [-0.2, 0) is 26.2 Å². The number of alkyl carbamates (subject to hydrolysis) is 1. The Balaban J connectivity index is 1.52. The summed E-state index contributed by atoms with van der Waals surface area (Å²) in [4.78, 5) is 27.8. The van der Waals surface area contributed by atoms with Gasteiger partial charge in [0.15, 0.2) is 11.5 Å². The van der Waals surface area contributed by atoms with Gasteiger partial charge in [-0.15, -0.1) is 0 Å². The van der Waals surface area contributed by atoms with E-state index in [1.807, 2.05) is 18.4 Å². The Morgan fingerprint density at radius 3 is 2.81 bits per heavy atom. The highest BCUT2D eigenvalue weighted by atomic mass is 32.2. The zero-order valence-electron chi connectivity index (χ0n) is 22.1. The van der Waals surface area contributed by atoms with E-state index in [2.05, 4.69) is 29.4 Å². The Morgan fingerprint density at radius 1 is 1.33 bits per heavy atom. The molecule has 1 N–H and O–H groups in total. The summed E-state index contributed by atoms with van der Waals surface area (Å²) in [6.45, 7) is 7.15. The third kappa shape index (κ3) is 5.47. The Labute approximate surface area is 218 Å². The molecule has 0 radical (unpaired) electrons. The van der Waals surface area contributed by atoms with Crippen LogP contribution >= 0.6 is 11.8 Å². The first-order valence-electron chi connectivity index (χ1n) is 12.5. The van der Waals surface area contributed by atoms with Crippen molar-refractivity contribution in [3.63, 3.8) is 0 Å². The fourth-order valence-electron chi connectivity index (χ4n) is 5.32. The van der Waals surface area contributed by atoms with Crippen molar-refractivity contribution in [2.75, 3.05) is 32.7 Å². The molecule has 198 valence electrons. The maximum absolute atomic E-state index is 13.1. The minimum absolute atomic E-state index is 0.166. The minimum Gasteiger partial charge on any atom is -0.493 e. The summed E-state index contributed by atoms with van der Waals surface area (Å²) in [5, 5.41) is 2.70. The van der Waals surface area contributed by atoms with Gasteiger partial charge >= 0.3 is 12.1 Å². The van der Waals surface area contributed by atoms with Gasteiger partial charge in [0.1, 0.15) is 23.9 Å². The summed E-state index contributed by atoms with van der Waals surface area (Å²) in [5.74, 6) is 1.77. The molecule has 1 aromatic carbocycles. The molecular formula is C27H38N2O6S. The van der Waals surface area contributed by atoms with Crippen molar-refractivity contribution >= 4 is 23.8 Å². The van der Waals surface area contributed by atoms with Gasteiger partial charge in [-0.2, -0.15) is 11.8 Å². The maximum Gasteiger partial charge on any atom is 0.408 e. The highest BCUT2D eigenvalue weighted by Crippen LogP contribution is 2.55. The lowest BCUT2D eigenvalue weighted by Gasteiger charge is -2.37. The van der Waals surface area contributed by atoms with E-state index < -0.39 is 29.8 Å². The van der Waals surface area contributed by atoms with Crippen LogP contribution in [0, 0.1) is 0 Å². The summed E-state index contributed by atoms with van der Waals surface area (Å²) in [7, 11) is 3.79. The van der Waals surface area contributed by atoms with Crippen LogP contribution in [0.5, 0.6) is 11.5 Å². The van der Waals surface area contributed by atoms with Crippen molar-refractivity contribution in [2.24, 2.45) is 0 Å². The van der Waals surface area contributed by atoms with Gasteiger partial charge in [0.05, 0.1) is 12.5 Å². The molecular weight excluding hydrogens is 480 g/mol. The predicted octanol–water partition coefficient (Wildman–Crippen LogP) is 4.05. The number of amides is 1. The Hall–Kier alpha value is -2.39. The molecule has 0 saturated heterocycles. The van der Waals surface area contributed by atoms with Crippen LogP contribution in [0.25, 0.3) is 0 Å². The van der Waals surface area contributed by atoms with Gasteiger partial charge in [-0.25, -0.2) is 9.59 Å². The van der Waals surface area contributed by atoms with Crippen LogP contribution in [0.15, 0.2) is 24.3 Å². The molecule has 36 heavy (non-hydrogen) atoms. The number of carbonyl (C=O) groups excluding carboxylic acids is 2. The minimum atomic E-state index is -0.781. The summed E-state index contributed by atoms with van der Waals surface area (Å²) in [6, 6.07) is 3.32. The van der Waals surface area contributed by atoms with Crippen LogP contribution in [-0.4, -0.2) is 73.5 Å². The van der Waals surface area contributed by atoms with Crippen molar-refractivity contribution in [2.45, 2.75) is 75.8 Å². The van der Waals surface area contributed by atoms with E-state index in [4.69, 9.17) is 18.9 Å². The number of nitrogens with one attached hydrogen (secondary N) is 1. The lowest BCUT2D eigenvalue weighted by Crippen LogP contribution is -2.47. The molecule has 0 unspecified atom stereocenters. The number of methoxy groups -OCH3 is 1. The van der Waals surface area contributed by atoms with Gasteiger partial charge in [-0.1, -0.05) is 12.1 Å². The molecule has 0 bridgehead atoms. The second-order valence-electron chi connectivity index (χ2n) is 10.8. The number of rotatable bonds is 7. The zero-order chi connectivity index (χ0) is 26.1. The lowest BCUT2D eigenvalue weighted by molar-refractivity contribution is -0.151. The SMILES string of the molecule is COc1ccc2c3c1O[C@@H]1C[C@@H](OC(=O)[C@H](CCSC)NC(=O)OC(C)(C)C)C=C[C@]31CCN(C)C2. The van der Waals surface area contributed by atoms with Crippen LogP contribution in [0.4, 0.5) is 4.79 Å². The Kier molecular flexibility index (Phi) is 7.80. The Morgan fingerprint density at radius 2 is 2.11 bits per heavy atom. The number of carbonyl (C=O) groups is 2. The number of esters is 1. The van der Waals surface area contributed by atoms with Crippen LogP contribution < -0.4 is 14.8 Å². The number of thioether (sulfide) groups is 1. The molecule has 1 aromatic rings. The topological polar surface area (TPSA) is 86.3 Å². The first-order valence-corrected chi connectivity index (χ1v) is 13.9. The van der Waals surface area contributed by atoms with Gasteiger partial charge in [0.25, 0.3) is 0 Å². The molecule has 1 aliphatic carbocycles. The first-order chi connectivity index (χ1) is 17.1. The fourth-order valence-corrected chi connectivity index (χ4v) is 5.79. The molecule has 2 heterocycles. The molecule has 0 aromatic heterocycles. The van der Waals surface area contributed by atoms with E-state index in [0.29, 0.717) is 18.6 Å². The molecule has 4 rings (SSSR count). The van der Waals surface area contributed by atoms with Crippen molar-refractivity contribution < 1.29 is 28.5 Å². The van der Waals surface area contributed by atoms with Gasteiger partial charge in [-0.3, -0.25) is 0 Å². The average Bonchev–Trinajstić information content (AvgIpc) is 3.06. The predicted molar refractivity (Wildman–Crippen MR) is 140 cm³/mol. The van der Waals surface area contributed by atoms with Gasteiger partial charge in [-0.05, 0) is 76.9 Å². The molecule has 1 spiro atoms. The Bertz CT molecular complexity index is 1020. The quantitative estimate of drug-likeness (QED) is 0.428. The van der Waals surface area contributed by atoms with Crippen LogP contribution in [0.1, 0.15) is 51.2 Å². The van der Waals surface area contributed by atoms with Crippen molar-refractivity contribution in [1.82, 2.24) is 10.2 Å². The maximum atomic E-state index is 13.1. The van der Waals surface area contributed by atoms with Gasteiger partial charge < -0.3 is 29.2 Å². The van der Waals surface area contributed by atoms with Crippen molar-refractivity contribution in [3.05, 3.63) is 35.4 Å². The van der Waals surface area contributed by atoms with E-state index in [1.165, 1.54) is 11.1 Å². The molecule has 3 aliphatic rings. The lowest BCUT2D eigenvalue weighted by atomic mass is 9.69. The number of hydrogen-bond acceptors (Lipinski definition) is 8. The highest BCUT2D eigenvalue weighted by molar-refractivity contribution is 7.98. The molecule has 9 heteroatoms. The average molecular weight is 519 g/mol. The first kappa shape index (κ1) is 26.7. The van der Waals surface area contributed by atoms with E-state index in [1.54, 1.807) is 39.6 Å². The standard InChI is InChI=1S/C27H38N2O6S/c1-26(2,3)35-25(31)28-19(10-14-36-6)24(30)33-18-9-11-27-12-13-29(4)16-17-7-8-20(32-5)23(22(17)27)34-21(27)15-18/h7-9,11,18-19,21H,10,12-16H2,1-6H3,(H,28,31)/t18-,19-,21+,27+/m0/s1. The largest absolute Gasteiger partial charge is 0.493 e. The number of benzene rings is 1. The summed E-state index contributed by atoms with van der Waals surface area (Å²) in [5.41, 5.74) is 1.51. The summed E-state index contributed by atoms with van der Waals surface area (Å²) >= 11 is 1.61. The van der Waals surface area contributed by atoms with Crippen LogP contribution in [0.3, 0.4) is 0 Å². The third-order valence-electron chi connectivity index (χ3n) is 6.98. The second kappa shape index (κ2) is 10.5. The van der Waals surface area contributed by atoms with E-state index in [-0.39, 0.29) is 11.5 Å². The summed E-state index contributed by atoms with van der Waals surface area (Å²) < 4.78 is 23.4. The fraction of sp³-hybridized carbons (Fsp3) is 0.630. The van der Waals surface area contributed by atoms with Crippen LogP contribution in [0.2, 0.25) is 0 Å². The zero-order valence-corrected chi connectivity index (χ0v) is 22.9. The third-order valence-corrected chi connectivity index (χ3v) is 7.63. The molecule has 0 saturated carbocycles. The molecule has 4 atom stereocenters.